The topological polar surface area (TPSA) is 29.9 Å². The number of rotatable bonds is 2. The van der Waals surface area contributed by atoms with Gasteiger partial charge in [-0.3, -0.25) is 0 Å². The first-order chi connectivity index (χ1) is 12.1. The molecule has 0 atom stereocenters. The van der Waals surface area contributed by atoms with Crippen molar-refractivity contribution in [2.75, 3.05) is 11.9 Å². The van der Waals surface area contributed by atoms with Crippen LogP contribution in [0, 0.1) is 13.8 Å². The number of benzene rings is 2. The van der Waals surface area contributed by atoms with E-state index in [2.05, 4.69) is 76.2 Å². The van der Waals surface area contributed by atoms with E-state index in [4.69, 9.17) is 5.10 Å². The van der Waals surface area contributed by atoms with Crippen LogP contribution in [-0.4, -0.2) is 16.3 Å². The molecule has 0 unspecified atom stereocenters. The highest BCUT2D eigenvalue weighted by molar-refractivity contribution is 9.10. The Morgan fingerprint density at radius 1 is 1.08 bits per heavy atom. The summed E-state index contributed by atoms with van der Waals surface area (Å²) in [4.78, 5) is 0. The molecule has 1 aliphatic rings. The fraction of sp³-hybridized carbons (Fsp3) is 0.286. The van der Waals surface area contributed by atoms with Crippen molar-refractivity contribution in [2.45, 2.75) is 33.1 Å². The number of aromatic nitrogens is 2. The van der Waals surface area contributed by atoms with Crippen LogP contribution in [0.3, 0.4) is 0 Å². The van der Waals surface area contributed by atoms with Crippen LogP contribution in [0.4, 0.5) is 5.82 Å². The van der Waals surface area contributed by atoms with Crippen molar-refractivity contribution in [2.24, 2.45) is 0 Å². The van der Waals surface area contributed by atoms with Gasteiger partial charge in [0.2, 0.25) is 0 Å². The lowest BCUT2D eigenvalue weighted by atomic mass is 10.0. The van der Waals surface area contributed by atoms with E-state index in [1.54, 1.807) is 0 Å². The van der Waals surface area contributed by atoms with E-state index in [0.717, 1.165) is 40.2 Å². The normalized spacial score (nSPS) is 13.9. The van der Waals surface area contributed by atoms with E-state index >= 15 is 0 Å². The van der Waals surface area contributed by atoms with E-state index in [1.807, 2.05) is 6.07 Å². The van der Waals surface area contributed by atoms with E-state index < -0.39 is 0 Å². The Labute approximate surface area is 157 Å². The minimum atomic E-state index is 0.999. The SMILES string of the molecule is Cc1ccc(C)c(-n2nc(-c3ccccc3Br)c3c2NCCCC3)c1. The largest absolute Gasteiger partial charge is 0.370 e. The van der Waals surface area contributed by atoms with Crippen molar-refractivity contribution >= 4 is 21.7 Å². The molecular weight excluding hydrogens is 374 g/mol. The fourth-order valence-electron chi connectivity index (χ4n) is 3.49. The molecule has 3 nitrogen and oxygen atoms in total. The van der Waals surface area contributed by atoms with Crippen molar-refractivity contribution in [3.8, 4) is 16.9 Å². The van der Waals surface area contributed by atoms with Crippen molar-refractivity contribution < 1.29 is 0 Å². The Balaban J connectivity index is 1.97. The number of anilines is 1. The molecule has 0 saturated heterocycles. The summed E-state index contributed by atoms with van der Waals surface area (Å²) in [6.07, 6.45) is 3.44. The maximum atomic E-state index is 5.06. The Kier molecular flexibility index (Phi) is 4.38. The molecule has 128 valence electrons. The number of hydrogen-bond acceptors (Lipinski definition) is 2. The monoisotopic (exact) mass is 395 g/mol. The summed E-state index contributed by atoms with van der Waals surface area (Å²) in [7, 11) is 0. The van der Waals surface area contributed by atoms with E-state index in [1.165, 1.54) is 29.5 Å². The lowest BCUT2D eigenvalue weighted by Crippen LogP contribution is -2.08. The average Bonchev–Trinajstić information content (AvgIpc) is 2.79. The highest BCUT2D eigenvalue weighted by Crippen LogP contribution is 2.37. The van der Waals surface area contributed by atoms with Crippen molar-refractivity contribution in [1.82, 2.24) is 9.78 Å². The molecule has 4 rings (SSSR count). The van der Waals surface area contributed by atoms with Gasteiger partial charge < -0.3 is 5.32 Å². The van der Waals surface area contributed by atoms with Gasteiger partial charge in [0.1, 0.15) is 5.82 Å². The van der Waals surface area contributed by atoms with Crippen molar-refractivity contribution in [3.63, 3.8) is 0 Å². The van der Waals surface area contributed by atoms with Gasteiger partial charge in [-0.05, 0) is 56.4 Å². The maximum Gasteiger partial charge on any atom is 0.133 e. The second kappa shape index (κ2) is 6.68. The molecule has 2 aromatic carbocycles. The van der Waals surface area contributed by atoms with Crippen LogP contribution in [0.5, 0.6) is 0 Å². The quantitative estimate of drug-likeness (QED) is 0.605. The number of halogens is 1. The van der Waals surface area contributed by atoms with Crippen LogP contribution in [0.15, 0.2) is 46.9 Å². The summed E-state index contributed by atoms with van der Waals surface area (Å²) in [5.41, 5.74) is 7.21. The predicted octanol–water partition coefficient (Wildman–Crippen LogP) is 5.67. The van der Waals surface area contributed by atoms with Crippen molar-refractivity contribution in [3.05, 3.63) is 63.6 Å². The zero-order chi connectivity index (χ0) is 17.4. The molecule has 0 bridgehead atoms. The third-order valence-electron chi connectivity index (χ3n) is 4.85. The van der Waals surface area contributed by atoms with Gasteiger partial charge in [0.25, 0.3) is 0 Å². The fourth-order valence-corrected chi connectivity index (χ4v) is 3.97. The van der Waals surface area contributed by atoms with Crippen LogP contribution >= 0.6 is 15.9 Å². The molecular formula is C21H22BrN3. The Morgan fingerprint density at radius 3 is 2.76 bits per heavy atom. The molecule has 0 spiro atoms. The number of nitrogens with one attached hydrogen (secondary N) is 1. The van der Waals surface area contributed by atoms with Crippen molar-refractivity contribution in [1.29, 1.82) is 0 Å². The first-order valence-electron chi connectivity index (χ1n) is 8.83. The summed E-state index contributed by atoms with van der Waals surface area (Å²) >= 11 is 3.70. The molecule has 1 aromatic heterocycles. The van der Waals surface area contributed by atoms with Crippen LogP contribution in [-0.2, 0) is 6.42 Å². The summed E-state index contributed by atoms with van der Waals surface area (Å²) in [6, 6.07) is 14.9. The summed E-state index contributed by atoms with van der Waals surface area (Å²) in [6.45, 7) is 5.28. The molecule has 2 heterocycles. The Bertz CT molecular complexity index is 927. The second-order valence-corrected chi connectivity index (χ2v) is 7.60. The minimum absolute atomic E-state index is 0.999. The summed E-state index contributed by atoms with van der Waals surface area (Å²) in [5.74, 6) is 1.15. The third-order valence-corrected chi connectivity index (χ3v) is 5.54. The number of aryl methyl sites for hydroxylation is 2. The molecule has 1 aliphatic heterocycles. The van der Waals surface area contributed by atoms with Gasteiger partial charge in [0.05, 0.1) is 11.4 Å². The van der Waals surface area contributed by atoms with Gasteiger partial charge >= 0.3 is 0 Å². The standard InChI is InChI=1S/C21H22BrN3/c1-14-10-11-15(2)19(13-14)25-21-17(8-5-6-12-23-21)20(24-25)16-7-3-4-9-18(16)22/h3-4,7,9-11,13,23H,5-6,8,12H2,1-2H3. The van der Waals surface area contributed by atoms with E-state index in [9.17, 15) is 0 Å². The molecule has 0 fully saturated rings. The number of fused-ring (bicyclic) bond motifs is 1. The third kappa shape index (κ3) is 2.99. The second-order valence-electron chi connectivity index (χ2n) is 6.74. The minimum Gasteiger partial charge on any atom is -0.370 e. The molecule has 25 heavy (non-hydrogen) atoms. The highest BCUT2D eigenvalue weighted by atomic mass is 79.9. The Morgan fingerprint density at radius 2 is 1.92 bits per heavy atom. The smallest absolute Gasteiger partial charge is 0.133 e. The van der Waals surface area contributed by atoms with Crippen LogP contribution < -0.4 is 5.32 Å². The molecule has 0 amide bonds. The highest BCUT2D eigenvalue weighted by Gasteiger charge is 2.23. The van der Waals surface area contributed by atoms with Crippen LogP contribution in [0.25, 0.3) is 16.9 Å². The lowest BCUT2D eigenvalue weighted by Gasteiger charge is -2.12. The van der Waals surface area contributed by atoms with Crippen LogP contribution in [0.2, 0.25) is 0 Å². The average molecular weight is 396 g/mol. The van der Waals surface area contributed by atoms with Gasteiger partial charge in [-0.25, -0.2) is 4.68 Å². The van der Waals surface area contributed by atoms with Gasteiger partial charge in [-0.2, -0.15) is 5.10 Å². The van der Waals surface area contributed by atoms with Gasteiger partial charge in [0, 0.05) is 22.1 Å². The van der Waals surface area contributed by atoms with Crippen LogP contribution in [0.1, 0.15) is 29.5 Å². The number of nitrogens with zero attached hydrogens (tertiary/aromatic N) is 2. The van der Waals surface area contributed by atoms with Gasteiger partial charge in [-0.1, -0.05) is 46.3 Å². The number of hydrogen-bond donors (Lipinski definition) is 1. The lowest BCUT2D eigenvalue weighted by molar-refractivity contribution is 0.779. The predicted molar refractivity (Wildman–Crippen MR) is 108 cm³/mol. The maximum absolute atomic E-state index is 5.06. The summed E-state index contributed by atoms with van der Waals surface area (Å²) in [5, 5.41) is 8.69. The Hall–Kier alpha value is -2.07. The molecule has 3 aromatic rings. The van der Waals surface area contributed by atoms with E-state index in [0.29, 0.717) is 0 Å². The molecule has 1 N–H and O–H groups in total. The molecule has 0 aliphatic carbocycles. The zero-order valence-corrected chi connectivity index (χ0v) is 16.2. The first-order valence-corrected chi connectivity index (χ1v) is 9.63. The molecule has 0 radical (unpaired) electrons. The zero-order valence-electron chi connectivity index (χ0n) is 14.6. The van der Waals surface area contributed by atoms with Gasteiger partial charge in [0.15, 0.2) is 0 Å². The molecule has 4 heteroatoms. The summed E-state index contributed by atoms with van der Waals surface area (Å²) < 4.78 is 3.20. The molecule has 0 saturated carbocycles. The first kappa shape index (κ1) is 16.4. The van der Waals surface area contributed by atoms with Gasteiger partial charge in [-0.15, -0.1) is 0 Å². The van der Waals surface area contributed by atoms with E-state index in [-0.39, 0.29) is 0 Å².